The van der Waals surface area contributed by atoms with E-state index in [9.17, 15) is 18.8 Å². The van der Waals surface area contributed by atoms with Crippen molar-refractivity contribution >= 4 is 29.1 Å². The molecule has 2 aliphatic rings. The van der Waals surface area contributed by atoms with Gasteiger partial charge in [-0.05, 0) is 79.8 Å². The molecule has 0 bridgehead atoms. The quantitative estimate of drug-likeness (QED) is 0.447. The van der Waals surface area contributed by atoms with Crippen molar-refractivity contribution in [3.8, 4) is 5.75 Å². The van der Waals surface area contributed by atoms with E-state index < -0.39 is 11.9 Å². The van der Waals surface area contributed by atoms with Gasteiger partial charge < -0.3 is 21.1 Å². The maximum atomic E-state index is 14.0. The van der Waals surface area contributed by atoms with E-state index >= 15 is 0 Å². The molecule has 0 radical (unpaired) electrons. The van der Waals surface area contributed by atoms with Gasteiger partial charge in [0.15, 0.2) is 0 Å². The third-order valence-electron chi connectivity index (χ3n) is 7.38. The molecule has 0 spiro atoms. The smallest absolute Gasteiger partial charge is 0.259 e. The van der Waals surface area contributed by atoms with Gasteiger partial charge in [0.05, 0.1) is 30.9 Å². The molecule has 4 N–H and O–H groups in total. The normalized spacial score (nSPS) is 20.8. The van der Waals surface area contributed by atoms with Gasteiger partial charge >= 0.3 is 0 Å². The van der Waals surface area contributed by atoms with E-state index in [1.807, 2.05) is 0 Å². The van der Waals surface area contributed by atoms with Gasteiger partial charge in [-0.1, -0.05) is 18.2 Å². The summed E-state index contributed by atoms with van der Waals surface area (Å²) in [6.45, 7) is 0. The summed E-state index contributed by atoms with van der Waals surface area (Å²) in [6, 6.07) is 16.9. The molecule has 0 aromatic heterocycles. The first kappa shape index (κ1) is 26.4. The predicted molar refractivity (Wildman–Crippen MR) is 146 cm³/mol. The SMILES string of the molecule is COc1cccc(C(=O)N2c3ccc(C(=O)NC4CCC(N)CC4)cc3NC(=O)CC2c2ccc(F)cc2)c1. The Morgan fingerprint density at radius 3 is 2.46 bits per heavy atom. The Morgan fingerprint density at radius 2 is 1.74 bits per heavy atom. The maximum Gasteiger partial charge on any atom is 0.259 e. The highest BCUT2D eigenvalue weighted by molar-refractivity contribution is 6.12. The second kappa shape index (κ2) is 11.2. The molecule has 5 rings (SSSR count). The monoisotopic (exact) mass is 530 g/mol. The van der Waals surface area contributed by atoms with Crippen LogP contribution < -0.4 is 26.0 Å². The Hall–Kier alpha value is -4.24. The molecule has 3 amide bonds. The van der Waals surface area contributed by atoms with Crippen LogP contribution >= 0.6 is 0 Å². The molecule has 202 valence electrons. The fraction of sp³-hybridized carbons (Fsp3) is 0.300. The first-order chi connectivity index (χ1) is 18.8. The molecule has 8 nitrogen and oxygen atoms in total. The number of rotatable bonds is 5. The first-order valence-electron chi connectivity index (χ1n) is 13.1. The van der Waals surface area contributed by atoms with Gasteiger partial charge in [0.1, 0.15) is 11.6 Å². The van der Waals surface area contributed by atoms with E-state index in [2.05, 4.69) is 10.6 Å². The Labute approximate surface area is 226 Å². The van der Waals surface area contributed by atoms with Crippen LogP contribution in [0.1, 0.15) is 64.4 Å². The molecule has 1 fully saturated rings. The third kappa shape index (κ3) is 5.78. The lowest BCUT2D eigenvalue weighted by Gasteiger charge is -2.31. The van der Waals surface area contributed by atoms with E-state index in [0.717, 1.165) is 25.7 Å². The van der Waals surface area contributed by atoms with Crippen molar-refractivity contribution in [1.82, 2.24) is 5.32 Å². The minimum absolute atomic E-state index is 0.0414. The highest BCUT2D eigenvalue weighted by Gasteiger charge is 2.35. The number of nitrogens with one attached hydrogen (secondary N) is 2. The van der Waals surface area contributed by atoms with E-state index in [-0.39, 0.29) is 36.2 Å². The van der Waals surface area contributed by atoms with Gasteiger partial charge in [-0.25, -0.2) is 4.39 Å². The van der Waals surface area contributed by atoms with Gasteiger partial charge in [0.25, 0.3) is 11.8 Å². The minimum atomic E-state index is -0.711. The van der Waals surface area contributed by atoms with Crippen molar-refractivity contribution in [2.75, 3.05) is 17.3 Å². The molecule has 1 saturated carbocycles. The number of fused-ring (bicyclic) bond motifs is 1. The molecule has 3 aromatic carbocycles. The van der Waals surface area contributed by atoms with Crippen molar-refractivity contribution in [3.05, 3.63) is 89.2 Å². The number of hydrogen-bond acceptors (Lipinski definition) is 5. The van der Waals surface area contributed by atoms with Crippen LogP contribution in [0.25, 0.3) is 0 Å². The van der Waals surface area contributed by atoms with Gasteiger partial charge in [-0.3, -0.25) is 19.3 Å². The van der Waals surface area contributed by atoms with Crippen molar-refractivity contribution in [2.45, 2.75) is 50.2 Å². The van der Waals surface area contributed by atoms with Gasteiger partial charge in [0, 0.05) is 23.2 Å². The van der Waals surface area contributed by atoms with Gasteiger partial charge in [-0.15, -0.1) is 0 Å². The fourth-order valence-electron chi connectivity index (χ4n) is 5.25. The van der Waals surface area contributed by atoms with Crippen molar-refractivity contribution in [1.29, 1.82) is 0 Å². The molecule has 1 aliphatic heterocycles. The summed E-state index contributed by atoms with van der Waals surface area (Å²) in [7, 11) is 1.52. The zero-order chi connectivity index (χ0) is 27.5. The van der Waals surface area contributed by atoms with E-state index in [4.69, 9.17) is 10.5 Å². The number of methoxy groups -OCH3 is 1. The lowest BCUT2D eigenvalue weighted by atomic mass is 9.91. The van der Waals surface area contributed by atoms with Crippen LogP contribution in [0.2, 0.25) is 0 Å². The summed E-state index contributed by atoms with van der Waals surface area (Å²) in [4.78, 5) is 41.7. The molecule has 1 aliphatic carbocycles. The highest BCUT2D eigenvalue weighted by Crippen LogP contribution is 2.40. The summed E-state index contributed by atoms with van der Waals surface area (Å²) in [5, 5.41) is 5.93. The number of carbonyl (C=O) groups is 3. The third-order valence-corrected chi connectivity index (χ3v) is 7.38. The molecule has 0 saturated heterocycles. The molecule has 1 atom stereocenters. The van der Waals surface area contributed by atoms with Crippen LogP contribution in [0.15, 0.2) is 66.7 Å². The molecule has 39 heavy (non-hydrogen) atoms. The lowest BCUT2D eigenvalue weighted by Crippen LogP contribution is -2.40. The van der Waals surface area contributed by atoms with Crippen LogP contribution in [0.3, 0.4) is 0 Å². The standard InChI is InChI=1S/C30H31FN4O4/c1-39-24-4-2-3-20(15-24)30(38)35-26-14-7-19(29(37)33-23-12-10-22(32)11-13-23)16-25(26)34-28(36)17-27(35)18-5-8-21(31)9-6-18/h2-9,14-16,22-23,27H,10-13,17,32H2,1H3,(H,33,37)(H,34,36). The minimum Gasteiger partial charge on any atom is -0.497 e. The average Bonchev–Trinajstić information content (AvgIpc) is 3.09. The number of hydrogen-bond donors (Lipinski definition) is 3. The number of amides is 3. The number of nitrogens with two attached hydrogens (primary N) is 1. The number of carbonyl (C=O) groups excluding carboxylic acids is 3. The van der Waals surface area contributed by atoms with Crippen molar-refractivity contribution < 1.29 is 23.5 Å². The molecule has 3 aromatic rings. The summed E-state index contributed by atoms with van der Waals surface area (Å²) in [6.07, 6.45) is 3.29. The summed E-state index contributed by atoms with van der Waals surface area (Å²) >= 11 is 0. The van der Waals surface area contributed by atoms with Crippen molar-refractivity contribution in [3.63, 3.8) is 0 Å². The molecular weight excluding hydrogens is 499 g/mol. The van der Waals surface area contributed by atoms with Crippen LogP contribution in [-0.2, 0) is 4.79 Å². The number of benzene rings is 3. The topological polar surface area (TPSA) is 114 Å². The molecule has 1 unspecified atom stereocenters. The number of halogens is 1. The second-order valence-corrected chi connectivity index (χ2v) is 10.0. The van der Waals surface area contributed by atoms with E-state index in [0.29, 0.717) is 33.8 Å². The Bertz CT molecular complexity index is 1390. The van der Waals surface area contributed by atoms with E-state index in [1.54, 1.807) is 54.6 Å². The van der Waals surface area contributed by atoms with Crippen molar-refractivity contribution in [2.24, 2.45) is 5.73 Å². The zero-order valence-electron chi connectivity index (χ0n) is 21.7. The predicted octanol–water partition coefficient (Wildman–Crippen LogP) is 4.56. The average molecular weight is 531 g/mol. The molecule has 1 heterocycles. The fourth-order valence-corrected chi connectivity index (χ4v) is 5.25. The van der Waals surface area contributed by atoms with Crippen LogP contribution in [0, 0.1) is 5.82 Å². The van der Waals surface area contributed by atoms with Crippen LogP contribution in [0.5, 0.6) is 5.75 Å². The Kier molecular flexibility index (Phi) is 7.60. The summed E-state index contributed by atoms with van der Waals surface area (Å²) < 4.78 is 19.1. The maximum absolute atomic E-state index is 14.0. The van der Waals surface area contributed by atoms with Gasteiger partial charge in [0.2, 0.25) is 5.91 Å². The first-order valence-corrected chi connectivity index (χ1v) is 13.1. The Balaban J connectivity index is 1.53. The van der Waals surface area contributed by atoms with Crippen LogP contribution in [-0.4, -0.2) is 36.9 Å². The Morgan fingerprint density at radius 1 is 1.00 bits per heavy atom. The zero-order valence-corrected chi connectivity index (χ0v) is 21.7. The van der Waals surface area contributed by atoms with Gasteiger partial charge in [-0.2, -0.15) is 0 Å². The van der Waals surface area contributed by atoms with Crippen LogP contribution in [0.4, 0.5) is 15.8 Å². The number of ether oxygens (including phenoxy) is 1. The number of anilines is 2. The largest absolute Gasteiger partial charge is 0.497 e. The van der Waals surface area contributed by atoms with E-state index in [1.165, 1.54) is 24.1 Å². The highest BCUT2D eigenvalue weighted by atomic mass is 19.1. The number of nitrogens with zero attached hydrogens (tertiary/aromatic N) is 1. The molecular formula is C30H31FN4O4. The summed E-state index contributed by atoms with van der Waals surface area (Å²) in [5.41, 5.74) is 8.11. The molecule has 9 heteroatoms. The second-order valence-electron chi connectivity index (χ2n) is 10.0. The lowest BCUT2D eigenvalue weighted by molar-refractivity contribution is -0.116. The summed E-state index contributed by atoms with van der Waals surface area (Å²) in [5.74, 6) is -0.850.